The molecule has 1 saturated heterocycles. The second kappa shape index (κ2) is 4.74. The minimum absolute atomic E-state index is 0.131. The molecule has 1 aliphatic heterocycles. The molecule has 0 unspecified atom stereocenters. The molecule has 0 aliphatic carbocycles. The van der Waals surface area contributed by atoms with E-state index in [4.69, 9.17) is 4.74 Å². The van der Waals surface area contributed by atoms with E-state index in [0.717, 1.165) is 11.4 Å². The highest BCUT2D eigenvalue weighted by molar-refractivity contribution is 7.91. The molecule has 19 heavy (non-hydrogen) atoms. The number of ether oxygens (including phenoxy) is 1. The molecule has 1 aromatic heterocycles. The highest BCUT2D eigenvalue weighted by Crippen LogP contribution is 2.21. The average Bonchev–Trinajstić information content (AvgIpc) is 3.00. The molecule has 4 nitrogen and oxygen atoms in total. The molecule has 2 aromatic rings. The topological polar surface area (TPSA) is 48.3 Å². The monoisotopic (exact) mass is 277 g/mol. The predicted molar refractivity (Wildman–Crippen MR) is 73.5 cm³/mol. The van der Waals surface area contributed by atoms with Crippen LogP contribution in [0.5, 0.6) is 5.75 Å². The zero-order chi connectivity index (χ0) is 13.3. The van der Waals surface area contributed by atoms with Crippen molar-refractivity contribution in [3.8, 4) is 11.4 Å². The lowest BCUT2D eigenvalue weighted by Gasteiger charge is -2.12. The van der Waals surface area contributed by atoms with Crippen LogP contribution >= 0.6 is 0 Å². The van der Waals surface area contributed by atoms with Gasteiger partial charge in [-0.3, -0.25) is 0 Å². The van der Waals surface area contributed by atoms with Crippen molar-refractivity contribution >= 4 is 9.84 Å². The normalized spacial score (nSPS) is 21.4. The van der Waals surface area contributed by atoms with Crippen LogP contribution in [0.3, 0.4) is 0 Å². The Balaban J connectivity index is 1.70. The van der Waals surface area contributed by atoms with Gasteiger partial charge in [-0.05, 0) is 42.8 Å². The molecule has 1 aliphatic rings. The molecule has 0 radical (unpaired) electrons. The molecule has 100 valence electrons. The first-order valence-corrected chi connectivity index (χ1v) is 8.05. The summed E-state index contributed by atoms with van der Waals surface area (Å²) >= 11 is 0. The van der Waals surface area contributed by atoms with Gasteiger partial charge in [0.05, 0.1) is 11.5 Å². The van der Waals surface area contributed by atoms with Crippen LogP contribution in [0.1, 0.15) is 6.42 Å². The molecule has 5 heteroatoms. The zero-order valence-electron chi connectivity index (χ0n) is 10.4. The van der Waals surface area contributed by atoms with Crippen molar-refractivity contribution < 1.29 is 13.2 Å². The number of nitrogens with zero attached hydrogens (tertiary/aromatic N) is 1. The first kappa shape index (κ1) is 12.3. The average molecular weight is 277 g/mol. The molecule has 3 rings (SSSR count). The third kappa shape index (κ3) is 2.81. The standard InChI is InChI=1S/C14H15NO3S/c16-19(17)10-7-14(11-19)18-13-5-3-12(4-6-13)15-8-1-2-9-15/h1-6,8-9,14H,7,10-11H2/t14-/m0/s1. The van der Waals surface area contributed by atoms with Gasteiger partial charge in [0.2, 0.25) is 0 Å². The second-order valence-corrected chi connectivity index (χ2v) is 6.96. The van der Waals surface area contributed by atoms with E-state index < -0.39 is 9.84 Å². The number of aromatic nitrogens is 1. The van der Waals surface area contributed by atoms with E-state index in [1.54, 1.807) is 0 Å². The summed E-state index contributed by atoms with van der Waals surface area (Å²) in [5.74, 6) is 1.09. The molecule has 1 aromatic carbocycles. The Kier molecular flexibility index (Phi) is 3.06. The summed E-state index contributed by atoms with van der Waals surface area (Å²) < 4.78 is 30.4. The molecule has 2 heterocycles. The first-order valence-electron chi connectivity index (χ1n) is 6.23. The summed E-state index contributed by atoms with van der Waals surface area (Å²) in [6.07, 6.45) is 4.32. The maximum absolute atomic E-state index is 11.4. The molecule has 1 fully saturated rings. The van der Waals surface area contributed by atoms with Crippen LogP contribution in [0.15, 0.2) is 48.8 Å². The molecule has 0 bridgehead atoms. The molecule has 0 N–H and O–H groups in total. The van der Waals surface area contributed by atoms with Gasteiger partial charge in [-0.25, -0.2) is 8.42 Å². The maximum Gasteiger partial charge on any atom is 0.154 e. The van der Waals surface area contributed by atoms with Gasteiger partial charge in [0.25, 0.3) is 0 Å². The Labute approximate surface area is 112 Å². The van der Waals surface area contributed by atoms with E-state index in [9.17, 15) is 8.42 Å². The smallest absolute Gasteiger partial charge is 0.154 e. The highest BCUT2D eigenvalue weighted by Gasteiger charge is 2.29. The quantitative estimate of drug-likeness (QED) is 0.862. The third-order valence-corrected chi connectivity index (χ3v) is 4.97. The van der Waals surface area contributed by atoms with E-state index in [2.05, 4.69) is 0 Å². The second-order valence-electron chi connectivity index (χ2n) is 4.73. The number of hydrogen-bond donors (Lipinski definition) is 0. The Bertz CT molecular complexity index is 645. The Morgan fingerprint density at radius 3 is 2.37 bits per heavy atom. The lowest BCUT2D eigenvalue weighted by Crippen LogP contribution is -2.17. The minimum atomic E-state index is -2.89. The summed E-state index contributed by atoms with van der Waals surface area (Å²) in [4.78, 5) is 0. The van der Waals surface area contributed by atoms with E-state index in [1.165, 1.54) is 0 Å². The van der Waals surface area contributed by atoms with Crippen LogP contribution in [-0.2, 0) is 9.84 Å². The fraction of sp³-hybridized carbons (Fsp3) is 0.286. The van der Waals surface area contributed by atoms with Crippen LogP contribution in [-0.4, -0.2) is 30.6 Å². The summed E-state index contributed by atoms with van der Waals surface area (Å²) in [5.41, 5.74) is 1.05. The van der Waals surface area contributed by atoms with Crippen molar-refractivity contribution in [3.05, 3.63) is 48.8 Å². The minimum Gasteiger partial charge on any atom is -0.489 e. The van der Waals surface area contributed by atoms with Gasteiger partial charge in [-0.1, -0.05) is 0 Å². The summed E-state index contributed by atoms with van der Waals surface area (Å²) in [6.45, 7) is 0. The van der Waals surface area contributed by atoms with Crippen molar-refractivity contribution in [1.29, 1.82) is 0 Å². The molecular weight excluding hydrogens is 262 g/mol. The number of sulfone groups is 1. The van der Waals surface area contributed by atoms with Gasteiger partial charge >= 0.3 is 0 Å². The molecular formula is C14H15NO3S. The van der Waals surface area contributed by atoms with Crippen molar-refractivity contribution in [2.75, 3.05) is 11.5 Å². The van der Waals surface area contributed by atoms with Crippen LogP contribution < -0.4 is 4.74 Å². The number of hydrogen-bond acceptors (Lipinski definition) is 3. The Morgan fingerprint density at radius 2 is 1.79 bits per heavy atom. The fourth-order valence-electron chi connectivity index (χ4n) is 2.25. The largest absolute Gasteiger partial charge is 0.489 e. The van der Waals surface area contributed by atoms with E-state index in [-0.39, 0.29) is 17.6 Å². The van der Waals surface area contributed by atoms with E-state index in [1.807, 2.05) is 53.4 Å². The van der Waals surface area contributed by atoms with Crippen LogP contribution in [0.4, 0.5) is 0 Å². The summed E-state index contributed by atoms with van der Waals surface area (Å²) in [7, 11) is -2.89. The summed E-state index contributed by atoms with van der Waals surface area (Å²) in [6, 6.07) is 11.6. The van der Waals surface area contributed by atoms with Gasteiger partial charge in [0, 0.05) is 18.1 Å². The first-order chi connectivity index (χ1) is 9.12. The van der Waals surface area contributed by atoms with Crippen molar-refractivity contribution in [1.82, 2.24) is 4.57 Å². The molecule has 0 spiro atoms. The van der Waals surface area contributed by atoms with Crippen molar-refractivity contribution in [2.45, 2.75) is 12.5 Å². The van der Waals surface area contributed by atoms with E-state index in [0.29, 0.717) is 6.42 Å². The SMILES string of the molecule is O=S1(=O)CC[C@H](Oc2ccc(-n3cccc3)cc2)C1. The Morgan fingerprint density at radius 1 is 1.11 bits per heavy atom. The molecule has 1 atom stereocenters. The number of benzene rings is 1. The van der Waals surface area contributed by atoms with Gasteiger partial charge in [-0.15, -0.1) is 0 Å². The lowest BCUT2D eigenvalue weighted by atomic mass is 10.3. The molecule has 0 amide bonds. The van der Waals surface area contributed by atoms with Crippen molar-refractivity contribution in [3.63, 3.8) is 0 Å². The number of rotatable bonds is 3. The van der Waals surface area contributed by atoms with Crippen molar-refractivity contribution in [2.24, 2.45) is 0 Å². The van der Waals surface area contributed by atoms with Gasteiger partial charge in [0.1, 0.15) is 11.9 Å². The highest BCUT2D eigenvalue weighted by atomic mass is 32.2. The van der Waals surface area contributed by atoms with Crippen LogP contribution in [0, 0.1) is 0 Å². The zero-order valence-corrected chi connectivity index (χ0v) is 11.2. The summed E-state index contributed by atoms with van der Waals surface area (Å²) in [5, 5.41) is 0. The Hall–Kier alpha value is -1.75. The van der Waals surface area contributed by atoms with E-state index >= 15 is 0 Å². The van der Waals surface area contributed by atoms with Gasteiger partial charge in [0.15, 0.2) is 9.84 Å². The van der Waals surface area contributed by atoms with Crippen LogP contribution in [0.25, 0.3) is 5.69 Å². The fourth-order valence-corrected chi connectivity index (χ4v) is 3.84. The maximum atomic E-state index is 11.4. The predicted octanol–water partition coefficient (Wildman–Crippen LogP) is 2.04. The third-order valence-electron chi connectivity index (χ3n) is 3.23. The van der Waals surface area contributed by atoms with Gasteiger partial charge < -0.3 is 9.30 Å². The van der Waals surface area contributed by atoms with Gasteiger partial charge in [-0.2, -0.15) is 0 Å². The molecule has 0 saturated carbocycles. The lowest BCUT2D eigenvalue weighted by molar-refractivity contribution is 0.229. The van der Waals surface area contributed by atoms with Crippen LogP contribution in [0.2, 0.25) is 0 Å².